The summed E-state index contributed by atoms with van der Waals surface area (Å²) in [5, 5.41) is 0. The molecular formula is C13H16O2. The zero-order chi connectivity index (χ0) is 10.1. The van der Waals surface area contributed by atoms with E-state index in [1.54, 1.807) is 0 Å². The molecule has 1 aromatic rings. The fourth-order valence-corrected chi connectivity index (χ4v) is 2.20. The van der Waals surface area contributed by atoms with Crippen LogP contribution in [0.15, 0.2) is 24.3 Å². The van der Waals surface area contributed by atoms with Gasteiger partial charge in [-0.2, -0.15) is 0 Å². The molecule has 0 N–H and O–H groups in total. The summed E-state index contributed by atoms with van der Waals surface area (Å²) < 4.78 is 11.1. The second-order valence-electron chi connectivity index (χ2n) is 4.42. The van der Waals surface area contributed by atoms with Gasteiger partial charge in [-0.1, -0.05) is 12.1 Å². The van der Waals surface area contributed by atoms with Crippen LogP contribution in [0.5, 0.6) is 5.75 Å². The third kappa shape index (κ3) is 2.15. The smallest absolute Gasteiger partial charge is 0.119 e. The molecule has 3 rings (SSSR count). The molecule has 0 amide bonds. The Morgan fingerprint density at radius 2 is 1.73 bits per heavy atom. The molecule has 2 aliphatic rings. The first-order valence-corrected chi connectivity index (χ1v) is 5.80. The standard InChI is InChI=1S/C13H16O2/c1-2-4-11(3-1)15-12-7-5-10(6-8-12)13-9-14-13/h5-8,11,13H,1-4,9H2. The van der Waals surface area contributed by atoms with Gasteiger partial charge in [-0.3, -0.25) is 0 Å². The van der Waals surface area contributed by atoms with Crippen molar-refractivity contribution in [3.63, 3.8) is 0 Å². The molecule has 2 nitrogen and oxygen atoms in total. The van der Waals surface area contributed by atoms with Crippen molar-refractivity contribution in [1.29, 1.82) is 0 Å². The quantitative estimate of drug-likeness (QED) is 0.706. The molecule has 2 fully saturated rings. The van der Waals surface area contributed by atoms with Crippen LogP contribution in [-0.2, 0) is 4.74 Å². The Hall–Kier alpha value is -1.02. The maximum Gasteiger partial charge on any atom is 0.119 e. The van der Waals surface area contributed by atoms with Crippen molar-refractivity contribution in [3.05, 3.63) is 29.8 Å². The number of ether oxygens (including phenoxy) is 2. The van der Waals surface area contributed by atoms with E-state index >= 15 is 0 Å². The summed E-state index contributed by atoms with van der Waals surface area (Å²) in [5.41, 5.74) is 1.27. The average molecular weight is 204 g/mol. The lowest BCUT2D eigenvalue weighted by Crippen LogP contribution is -2.10. The highest BCUT2D eigenvalue weighted by Crippen LogP contribution is 2.31. The largest absolute Gasteiger partial charge is 0.490 e. The molecule has 0 spiro atoms. The Bertz CT molecular complexity index is 321. The summed E-state index contributed by atoms with van der Waals surface area (Å²) in [6.45, 7) is 0.878. The van der Waals surface area contributed by atoms with Gasteiger partial charge in [0.05, 0.1) is 12.7 Å². The van der Waals surface area contributed by atoms with Gasteiger partial charge in [0.1, 0.15) is 11.9 Å². The second-order valence-corrected chi connectivity index (χ2v) is 4.42. The maximum atomic E-state index is 5.89. The zero-order valence-corrected chi connectivity index (χ0v) is 8.82. The van der Waals surface area contributed by atoms with E-state index in [1.807, 2.05) is 0 Å². The predicted molar refractivity (Wildman–Crippen MR) is 58.0 cm³/mol. The first-order valence-electron chi connectivity index (χ1n) is 5.80. The monoisotopic (exact) mass is 204 g/mol. The van der Waals surface area contributed by atoms with Gasteiger partial charge in [-0.05, 0) is 43.4 Å². The minimum Gasteiger partial charge on any atom is -0.490 e. The molecule has 1 unspecified atom stereocenters. The summed E-state index contributed by atoms with van der Waals surface area (Å²) >= 11 is 0. The topological polar surface area (TPSA) is 21.8 Å². The summed E-state index contributed by atoms with van der Waals surface area (Å²) in [7, 11) is 0. The van der Waals surface area contributed by atoms with Gasteiger partial charge >= 0.3 is 0 Å². The third-order valence-corrected chi connectivity index (χ3v) is 3.19. The number of epoxide rings is 1. The molecule has 1 aliphatic heterocycles. The van der Waals surface area contributed by atoms with E-state index in [-0.39, 0.29) is 0 Å². The van der Waals surface area contributed by atoms with Crippen LogP contribution in [-0.4, -0.2) is 12.7 Å². The van der Waals surface area contributed by atoms with Crippen LogP contribution in [0.25, 0.3) is 0 Å². The van der Waals surface area contributed by atoms with Crippen LogP contribution in [0, 0.1) is 0 Å². The van der Waals surface area contributed by atoms with Crippen molar-refractivity contribution in [2.75, 3.05) is 6.61 Å². The molecule has 2 heteroatoms. The SMILES string of the molecule is c1cc(C2CO2)ccc1OC1CCCC1. The summed E-state index contributed by atoms with van der Waals surface area (Å²) in [5.74, 6) is 1.01. The normalized spacial score (nSPS) is 25.5. The lowest BCUT2D eigenvalue weighted by molar-refractivity contribution is 0.210. The molecule has 1 aromatic carbocycles. The third-order valence-electron chi connectivity index (χ3n) is 3.19. The van der Waals surface area contributed by atoms with Gasteiger partial charge in [-0.25, -0.2) is 0 Å². The van der Waals surface area contributed by atoms with Crippen molar-refractivity contribution in [3.8, 4) is 5.75 Å². The van der Waals surface area contributed by atoms with Crippen molar-refractivity contribution in [2.45, 2.75) is 37.9 Å². The van der Waals surface area contributed by atoms with Gasteiger partial charge in [0, 0.05) is 0 Å². The lowest BCUT2D eigenvalue weighted by atomic mass is 10.1. The Labute approximate surface area is 90.2 Å². The first kappa shape index (κ1) is 9.22. The molecule has 1 heterocycles. The second kappa shape index (κ2) is 3.86. The minimum atomic E-state index is 0.352. The molecule has 15 heavy (non-hydrogen) atoms. The summed E-state index contributed by atoms with van der Waals surface area (Å²) in [6.07, 6.45) is 5.87. The van der Waals surface area contributed by atoms with Crippen LogP contribution >= 0.6 is 0 Å². The van der Waals surface area contributed by atoms with Crippen molar-refractivity contribution < 1.29 is 9.47 Å². The molecule has 1 saturated heterocycles. The van der Waals surface area contributed by atoms with Crippen molar-refractivity contribution in [2.24, 2.45) is 0 Å². The fraction of sp³-hybridized carbons (Fsp3) is 0.538. The molecule has 1 atom stereocenters. The predicted octanol–water partition coefficient (Wildman–Crippen LogP) is 3.08. The van der Waals surface area contributed by atoms with E-state index in [1.165, 1.54) is 31.2 Å². The molecule has 1 saturated carbocycles. The van der Waals surface area contributed by atoms with E-state index in [0.29, 0.717) is 12.2 Å². The summed E-state index contributed by atoms with van der Waals surface area (Å²) in [6, 6.07) is 8.36. The molecule has 0 radical (unpaired) electrons. The highest BCUT2D eigenvalue weighted by molar-refractivity contribution is 5.30. The van der Waals surface area contributed by atoms with Crippen LogP contribution in [0.3, 0.4) is 0 Å². The average Bonchev–Trinajstić information content (AvgIpc) is 2.99. The number of benzene rings is 1. The van der Waals surface area contributed by atoms with Gasteiger partial charge in [-0.15, -0.1) is 0 Å². The Morgan fingerprint density at radius 1 is 1.07 bits per heavy atom. The van der Waals surface area contributed by atoms with E-state index in [0.717, 1.165) is 12.4 Å². The highest BCUT2D eigenvalue weighted by atomic mass is 16.6. The minimum absolute atomic E-state index is 0.352. The Balaban J connectivity index is 1.64. The van der Waals surface area contributed by atoms with Crippen molar-refractivity contribution >= 4 is 0 Å². The fourth-order valence-electron chi connectivity index (χ4n) is 2.20. The number of rotatable bonds is 3. The van der Waals surface area contributed by atoms with Crippen LogP contribution in [0.4, 0.5) is 0 Å². The lowest BCUT2D eigenvalue weighted by Gasteiger charge is -2.12. The van der Waals surface area contributed by atoms with Gasteiger partial charge in [0.2, 0.25) is 0 Å². The zero-order valence-electron chi connectivity index (χ0n) is 8.82. The van der Waals surface area contributed by atoms with Gasteiger partial charge < -0.3 is 9.47 Å². The Morgan fingerprint density at radius 3 is 2.33 bits per heavy atom. The van der Waals surface area contributed by atoms with Crippen LogP contribution in [0.1, 0.15) is 37.4 Å². The van der Waals surface area contributed by atoms with Crippen LogP contribution < -0.4 is 4.74 Å². The number of hydrogen-bond acceptors (Lipinski definition) is 2. The van der Waals surface area contributed by atoms with Gasteiger partial charge in [0.25, 0.3) is 0 Å². The molecule has 0 bridgehead atoms. The molecule has 0 aromatic heterocycles. The molecular weight excluding hydrogens is 188 g/mol. The van der Waals surface area contributed by atoms with E-state index < -0.39 is 0 Å². The molecule has 1 aliphatic carbocycles. The number of hydrogen-bond donors (Lipinski definition) is 0. The van der Waals surface area contributed by atoms with E-state index in [4.69, 9.17) is 9.47 Å². The van der Waals surface area contributed by atoms with Crippen LogP contribution in [0.2, 0.25) is 0 Å². The van der Waals surface area contributed by atoms with Crippen molar-refractivity contribution in [1.82, 2.24) is 0 Å². The Kier molecular flexibility index (Phi) is 2.37. The molecule has 80 valence electrons. The summed E-state index contributed by atoms with van der Waals surface area (Å²) in [4.78, 5) is 0. The van der Waals surface area contributed by atoms with E-state index in [9.17, 15) is 0 Å². The van der Waals surface area contributed by atoms with E-state index in [2.05, 4.69) is 24.3 Å². The first-order chi connectivity index (χ1) is 7.42. The highest BCUT2D eigenvalue weighted by Gasteiger charge is 2.24. The maximum absolute atomic E-state index is 5.89. The van der Waals surface area contributed by atoms with Gasteiger partial charge in [0.15, 0.2) is 0 Å².